The summed E-state index contributed by atoms with van der Waals surface area (Å²) in [5, 5.41) is 0. The second-order valence-corrected chi connectivity index (χ2v) is 4.14. The maximum Gasteiger partial charge on any atom is 0.132 e. The summed E-state index contributed by atoms with van der Waals surface area (Å²) in [5.74, 6) is 2.92. The summed E-state index contributed by atoms with van der Waals surface area (Å²) in [4.78, 5) is 13.5. The van der Waals surface area contributed by atoms with Crippen molar-refractivity contribution in [2.75, 3.05) is 0 Å². The van der Waals surface area contributed by atoms with Crippen LogP contribution in [0.5, 0.6) is 0 Å². The van der Waals surface area contributed by atoms with Crippen LogP contribution in [0.2, 0.25) is 0 Å². The van der Waals surface area contributed by atoms with Gasteiger partial charge >= 0.3 is 0 Å². The van der Waals surface area contributed by atoms with Crippen molar-refractivity contribution in [3.63, 3.8) is 0 Å². The Morgan fingerprint density at radius 1 is 0.688 bits per heavy atom. The molecule has 0 aliphatic rings. The first-order valence-corrected chi connectivity index (χ1v) is 6.52. The number of hydrogen-bond donors (Lipinski definition) is 0. The molecule has 0 aromatic carbocycles. The van der Waals surface area contributed by atoms with E-state index in [1.54, 1.807) is 0 Å². The summed E-state index contributed by atoms with van der Waals surface area (Å²) >= 11 is 0. The van der Waals surface area contributed by atoms with Crippen molar-refractivity contribution in [3.05, 3.63) is 17.5 Å². The van der Waals surface area contributed by atoms with Gasteiger partial charge in [-0.15, -0.1) is 0 Å². The van der Waals surface area contributed by atoms with Gasteiger partial charge in [0.25, 0.3) is 0 Å². The minimum absolute atomic E-state index is 0.904. The van der Waals surface area contributed by atoms with Crippen LogP contribution in [0.15, 0.2) is 0 Å². The second kappa shape index (κ2) is 7.31. The Balaban J connectivity index is 2.74. The molecule has 1 rings (SSSR count). The molecule has 0 bridgehead atoms. The largest absolute Gasteiger partial charge is 0.218 e. The summed E-state index contributed by atoms with van der Waals surface area (Å²) in [5.41, 5.74) is 0. The van der Waals surface area contributed by atoms with Gasteiger partial charge in [-0.3, -0.25) is 0 Å². The fourth-order valence-corrected chi connectivity index (χ4v) is 1.57. The molecule has 0 aliphatic carbocycles. The summed E-state index contributed by atoms with van der Waals surface area (Å²) in [6.45, 7) is 6.49. The van der Waals surface area contributed by atoms with Gasteiger partial charge in [0.15, 0.2) is 0 Å². The first kappa shape index (κ1) is 13.1. The molecule has 1 aromatic rings. The highest BCUT2D eigenvalue weighted by atomic mass is 15.0. The predicted octanol–water partition coefficient (Wildman–Crippen LogP) is 3.12. The topological polar surface area (TPSA) is 38.7 Å². The van der Waals surface area contributed by atoms with Crippen LogP contribution >= 0.6 is 0 Å². The van der Waals surface area contributed by atoms with Crippen LogP contribution in [-0.2, 0) is 19.3 Å². The quantitative estimate of drug-likeness (QED) is 0.710. The van der Waals surface area contributed by atoms with Gasteiger partial charge in [-0.05, 0) is 12.8 Å². The highest BCUT2D eigenvalue weighted by molar-refractivity contribution is 4.98. The molecule has 0 aliphatic heterocycles. The standard InChI is InChI=1S/C13H23N3/c1-4-7-9-12-14-11(6-3)15-13(16-12)10-8-5-2/h4-10H2,1-3H3. The number of aromatic nitrogens is 3. The lowest BCUT2D eigenvalue weighted by molar-refractivity contribution is 0.681. The van der Waals surface area contributed by atoms with Gasteiger partial charge < -0.3 is 0 Å². The van der Waals surface area contributed by atoms with Crippen LogP contribution in [0.25, 0.3) is 0 Å². The van der Waals surface area contributed by atoms with E-state index in [0.29, 0.717) is 0 Å². The fourth-order valence-electron chi connectivity index (χ4n) is 1.57. The van der Waals surface area contributed by atoms with Gasteiger partial charge in [0, 0.05) is 19.3 Å². The van der Waals surface area contributed by atoms with Gasteiger partial charge in [0.1, 0.15) is 17.5 Å². The van der Waals surface area contributed by atoms with Crippen molar-refractivity contribution in [1.29, 1.82) is 0 Å². The van der Waals surface area contributed by atoms with Gasteiger partial charge in [-0.1, -0.05) is 33.6 Å². The zero-order chi connectivity index (χ0) is 11.8. The number of unbranched alkanes of at least 4 members (excludes halogenated alkanes) is 2. The lowest BCUT2D eigenvalue weighted by Gasteiger charge is -2.05. The lowest BCUT2D eigenvalue weighted by Crippen LogP contribution is -2.07. The van der Waals surface area contributed by atoms with E-state index in [-0.39, 0.29) is 0 Å². The molecular formula is C13H23N3. The molecule has 0 unspecified atom stereocenters. The first-order chi connectivity index (χ1) is 7.80. The molecule has 0 fully saturated rings. The maximum absolute atomic E-state index is 4.53. The van der Waals surface area contributed by atoms with E-state index in [4.69, 9.17) is 0 Å². The van der Waals surface area contributed by atoms with Crippen molar-refractivity contribution in [2.24, 2.45) is 0 Å². The van der Waals surface area contributed by atoms with Crippen molar-refractivity contribution in [3.8, 4) is 0 Å². The van der Waals surface area contributed by atoms with Crippen molar-refractivity contribution in [1.82, 2.24) is 15.0 Å². The number of nitrogens with zero attached hydrogens (tertiary/aromatic N) is 3. The van der Waals surface area contributed by atoms with Crippen molar-refractivity contribution in [2.45, 2.75) is 65.7 Å². The second-order valence-electron chi connectivity index (χ2n) is 4.14. The van der Waals surface area contributed by atoms with Crippen LogP contribution in [0.3, 0.4) is 0 Å². The smallest absolute Gasteiger partial charge is 0.132 e. The molecule has 0 spiro atoms. The monoisotopic (exact) mass is 221 g/mol. The molecule has 0 saturated heterocycles. The van der Waals surface area contributed by atoms with Gasteiger partial charge in [-0.25, -0.2) is 15.0 Å². The van der Waals surface area contributed by atoms with Gasteiger partial charge in [0.2, 0.25) is 0 Å². The molecule has 0 saturated carbocycles. The number of hydrogen-bond acceptors (Lipinski definition) is 3. The summed E-state index contributed by atoms with van der Waals surface area (Å²) < 4.78 is 0. The van der Waals surface area contributed by atoms with E-state index in [2.05, 4.69) is 35.7 Å². The zero-order valence-electron chi connectivity index (χ0n) is 10.8. The number of rotatable bonds is 7. The molecule has 1 aromatic heterocycles. The Morgan fingerprint density at radius 3 is 1.50 bits per heavy atom. The van der Waals surface area contributed by atoms with E-state index in [0.717, 1.165) is 36.7 Å². The van der Waals surface area contributed by atoms with Crippen LogP contribution in [-0.4, -0.2) is 15.0 Å². The van der Waals surface area contributed by atoms with E-state index >= 15 is 0 Å². The Labute approximate surface area is 98.7 Å². The van der Waals surface area contributed by atoms with E-state index in [1.165, 1.54) is 25.7 Å². The van der Waals surface area contributed by atoms with E-state index < -0.39 is 0 Å². The molecule has 0 N–H and O–H groups in total. The van der Waals surface area contributed by atoms with Crippen LogP contribution in [0.4, 0.5) is 0 Å². The summed E-state index contributed by atoms with van der Waals surface area (Å²) in [7, 11) is 0. The van der Waals surface area contributed by atoms with Crippen molar-refractivity contribution >= 4 is 0 Å². The molecule has 3 nitrogen and oxygen atoms in total. The normalized spacial score (nSPS) is 10.7. The molecule has 0 radical (unpaired) electrons. The molecule has 1 heterocycles. The van der Waals surface area contributed by atoms with Crippen LogP contribution in [0.1, 0.15) is 63.9 Å². The molecule has 16 heavy (non-hydrogen) atoms. The van der Waals surface area contributed by atoms with E-state index in [9.17, 15) is 0 Å². The third-order valence-corrected chi connectivity index (χ3v) is 2.60. The molecular weight excluding hydrogens is 198 g/mol. The highest BCUT2D eigenvalue weighted by Gasteiger charge is 2.04. The van der Waals surface area contributed by atoms with Crippen LogP contribution < -0.4 is 0 Å². The third-order valence-electron chi connectivity index (χ3n) is 2.60. The minimum Gasteiger partial charge on any atom is -0.218 e. The van der Waals surface area contributed by atoms with E-state index in [1.807, 2.05) is 0 Å². The van der Waals surface area contributed by atoms with Gasteiger partial charge in [-0.2, -0.15) is 0 Å². The van der Waals surface area contributed by atoms with Crippen LogP contribution in [0, 0.1) is 0 Å². The Morgan fingerprint density at radius 2 is 1.12 bits per heavy atom. The van der Waals surface area contributed by atoms with Crippen molar-refractivity contribution < 1.29 is 0 Å². The Hall–Kier alpha value is -0.990. The third kappa shape index (κ3) is 4.25. The first-order valence-electron chi connectivity index (χ1n) is 6.52. The lowest BCUT2D eigenvalue weighted by atomic mass is 10.2. The SMILES string of the molecule is CCCCc1nc(CC)nc(CCCC)n1. The summed E-state index contributed by atoms with van der Waals surface area (Å²) in [6, 6.07) is 0. The molecule has 0 atom stereocenters. The predicted molar refractivity (Wildman–Crippen MR) is 66.4 cm³/mol. The fraction of sp³-hybridized carbons (Fsp3) is 0.769. The average Bonchev–Trinajstić information content (AvgIpc) is 2.33. The minimum atomic E-state index is 0.904. The molecule has 90 valence electrons. The maximum atomic E-state index is 4.53. The average molecular weight is 221 g/mol. The summed E-state index contributed by atoms with van der Waals surface area (Å²) in [6.07, 6.45) is 7.60. The molecule has 3 heteroatoms. The highest BCUT2D eigenvalue weighted by Crippen LogP contribution is 2.05. The zero-order valence-corrected chi connectivity index (χ0v) is 10.8. The Bertz CT molecular complexity index is 284. The number of aryl methyl sites for hydroxylation is 3. The molecule has 0 amide bonds. The van der Waals surface area contributed by atoms with Gasteiger partial charge in [0.05, 0.1) is 0 Å². The Kier molecular flexibility index (Phi) is 5.98.